The van der Waals surface area contributed by atoms with Crippen molar-refractivity contribution in [1.82, 2.24) is 10.1 Å². The van der Waals surface area contributed by atoms with Gasteiger partial charge in [0.15, 0.2) is 0 Å². The van der Waals surface area contributed by atoms with Gasteiger partial charge in [0, 0.05) is 18.3 Å². The minimum absolute atomic E-state index is 0.286. The van der Waals surface area contributed by atoms with Crippen LogP contribution in [0.15, 0.2) is 59.1 Å². The van der Waals surface area contributed by atoms with Gasteiger partial charge in [0.25, 0.3) is 0 Å². The van der Waals surface area contributed by atoms with Crippen LogP contribution in [0.1, 0.15) is 5.89 Å². The third-order valence-electron chi connectivity index (χ3n) is 3.14. The molecule has 0 aliphatic heterocycles. The molecule has 2 aromatic carbocycles. The molecule has 0 unspecified atom stereocenters. The average molecular weight is 283 g/mol. The van der Waals surface area contributed by atoms with Crippen LogP contribution in [0.25, 0.3) is 11.4 Å². The van der Waals surface area contributed by atoms with Crippen LogP contribution in [0.5, 0.6) is 0 Å². The van der Waals surface area contributed by atoms with Gasteiger partial charge in [0.1, 0.15) is 5.82 Å². The van der Waals surface area contributed by atoms with Crippen molar-refractivity contribution in [2.24, 2.45) is 0 Å². The number of rotatable bonds is 4. The van der Waals surface area contributed by atoms with Crippen LogP contribution in [0.2, 0.25) is 0 Å². The van der Waals surface area contributed by atoms with Crippen LogP contribution in [0, 0.1) is 5.82 Å². The van der Waals surface area contributed by atoms with Gasteiger partial charge in [-0.05, 0) is 36.4 Å². The quantitative estimate of drug-likeness (QED) is 0.734. The lowest BCUT2D eigenvalue weighted by molar-refractivity contribution is 0.378. The maximum Gasteiger partial charge on any atom is 0.246 e. The average Bonchev–Trinajstić information content (AvgIpc) is 2.97. The molecule has 0 saturated carbocycles. The number of para-hydroxylation sites is 1. The topological polar surface area (TPSA) is 42.2 Å². The summed E-state index contributed by atoms with van der Waals surface area (Å²) in [5.41, 5.74) is 1.80. The molecule has 3 rings (SSSR count). The molecule has 0 aliphatic rings. The molecule has 3 aromatic rings. The van der Waals surface area contributed by atoms with Crippen molar-refractivity contribution < 1.29 is 8.91 Å². The van der Waals surface area contributed by atoms with E-state index in [-0.39, 0.29) is 5.82 Å². The van der Waals surface area contributed by atoms with Crippen molar-refractivity contribution in [3.63, 3.8) is 0 Å². The summed E-state index contributed by atoms with van der Waals surface area (Å²) in [7, 11) is 1.96. The lowest BCUT2D eigenvalue weighted by Gasteiger charge is -2.16. The van der Waals surface area contributed by atoms with Gasteiger partial charge in [0.05, 0.1) is 6.54 Å². The fourth-order valence-electron chi connectivity index (χ4n) is 2.01. The van der Waals surface area contributed by atoms with Gasteiger partial charge < -0.3 is 9.42 Å². The Bertz CT molecular complexity index is 710. The Morgan fingerprint density at radius 3 is 2.48 bits per heavy atom. The fourth-order valence-corrected chi connectivity index (χ4v) is 2.01. The van der Waals surface area contributed by atoms with E-state index in [1.54, 1.807) is 12.1 Å². The first kappa shape index (κ1) is 13.3. The summed E-state index contributed by atoms with van der Waals surface area (Å²) in [6, 6.07) is 16.0. The Kier molecular flexibility index (Phi) is 3.64. The van der Waals surface area contributed by atoms with Crippen LogP contribution in [0.3, 0.4) is 0 Å². The van der Waals surface area contributed by atoms with Gasteiger partial charge in [-0.15, -0.1) is 0 Å². The second-order valence-electron chi connectivity index (χ2n) is 4.71. The molecule has 0 bridgehead atoms. The van der Waals surface area contributed by atoms with Gasteiger partial charge in [-0.1, -0.05) is 23.4 Å². The second kappa shape index (κ2) is 5.75. The van der Waals surface area contributed by atoms with Crippen molar-refractivity contribution in [2.45, 2.75) is 6.54 Å². The van der Waals surface area contributed by atoms with Gasteiger partial charge >= 0.3 is 0 Å². The summed E-state index contributed by atoms with van der Waals surface area (Å²) in [6.07, 6.45) is 0. The van der Waals surface area contributed by atoms with Gasteiger partial charge in [0.2, 0.25) is 11.7 Å². The zero-order valence-electron chi connectivity index (χ0n) is 11.5. The summed E-state index contributed by atoms with van der Waals surface area (Å²) in [6.45, 7) is 0.512. The van der Waals surface area contributed by atoms with Crippen molar-refractivity contribution in [1.29, 1.82) is 0 Å². The molecule has 0 spiro atoms. The highest BCUT2D eigenvalue weighted by atomic mass is 19.1. The van der Waals surface area contributed by atoms with Crippen molar-refractivity contribution >= 4 is 5.69 Å². The highest BCUT2D eigenvalue weighted by Crippen LogP contribution is 2.18. The molecular weight excluding hydrogens is 269 g/mol. The molecule has 1 aromatic heterocycles. The Morgan fingerprint density at radius 2 is 1.76 bits per heavy atom. The monoisotopic (exact) mass is 283 g/mol. The van der Waals surface area contributed by atoms with Crippen LogP contribution in [0.4, 0.5) is 10.1 Å². The third kappa shape index (κ3) is 3.08. The maximum absolute atomic E-state index is 12.9. The predicted octanol–water partition coefficient (Wildman–Crippen LogP) is 3.51. The molecule has 21 heavy (non-hydrogen) atoms. The van der Waals surface area contributed by atoms with Gasteiger partial charge in [-0.3, -0.25) is 0 Å². The van der Waals surface area contributed by atoms with Crippen LogP contribution in [-0.4, -0.2) is 17.2 Å². The van der Waals surface area contributed by atoms with E-state index in [4.69, 9.17) is 4.52 Å². The minimum atomic E-state index is -0.286. The largest absolute Gasteiger partial charge is 0.365 e. The number of nitrogens with zero attached hydrogens (tertiary/aromatic N) is 3. The highest BCUT2D eigenvalue weighted by Gasteiger charge is 2.11. The molecule has 0 N–H and O–H groups in total. The van der Waals surface area contributed by atoms with E-state index in [1.807, 2.05) is 42.3 Å². The molecule has 1 heterocycles. The lowest BCUT2D eigenvalue weighted by atomic mass is 10.2. The van der Waals surface area contributed by atoms with E-state index in [0.717, 1.165) is 11.3 Å². The molecular formula is C16H14FN3O. The standard InChI is InChI=1S/C16H14FN3O/c1-20(14-5-3-2-4-6-14)11-15-18-16(19-21-15)12-7-9-13(17)10-8-12/h2-10H,11H2,1H3. The Labute approximate surface area is 121 Å². The molecule has 4 nitrogen and oxygen atoms in total. The Hall–Kier alpha value is -2.69. The van der Waals surface area contributed by atoms with E-state index in [0.29, 0.717) is 18.3 Å². The second-order valence-corrected chi connectivity index (χ2v) is 4.71. The normalized spacial score (nSPS) is 10.6. The van der Waals surface area contributed by atoms with Crippen LogP contribution < -0.4 is 4.90 Å². The number of halogens is 1. The molecule has 0 radical (unpaired) electrons. The molecule has 0 amide bonds. The van der Waals surface area contributed by atoms with E-state index < -0.39 is 0 Å². The predicted molar refractivity (Wildman–Crippen MR) is 78.2 cm³/mol. The Balaban J connectivity index is 1.75. The minimum Gasteiger partial charge on any atom is -0.365 e. The number of hydrogen-bond acceptors (Lipinski definition) is 4. The zero-order valence-corrected chi connectivity index (χ0v) is 11.5. The highest BCUT2D eigenvalue weighted by molar-refractivity contribution is 5.54. The Morgan fingerprint density at radius 1 is 1.05 bits per heavy atom. The third-order valence-corrected chi connectivity index (χ3v) is 3.14. The fraction of sp³-hybridized carbons (Fsp3) is 0.125. The van der Waals surface area contributed by atoms with Crippen LogP contribution in [-0.2, 0) is 6.54 Å². The molecule has 0 aliphatic carbocycles. The zero-order chi connectivity index (χ0) is 14.7. The summed E-state index contributed by atoms with van der Waals surface area (Å²) in [4.78, 5) is 6.35. The van der Waals surface area contributed by atoms with Crippen molar-refractivity contribution in [3.05, 3.63) is 66.3 Å². The summed E-state index contributed by atoms with van der Waals surface area (Å²) < 4.78 is 18.1. The smallest absolute Gasteiger partial charge is 0.246 e. The molecule has 5 heteroatoms. The molecule has 106 valence electrons. The lowest BCUT2D eigenvalue weighted by Crippen LogP contribution is -2.16. The van der Waals surface area contributed by atoms with E-state index >= 15 is 0 Å². The SMILES string of the molecule is CN(Cc1nc(-c2ccc(F)cc2)no1)c1ccccc1. The van der Waals surface area contributed by atoms with Gasteiger partial charge in [-0.2, -0.15) is 4.98 Å². The molecule has 0 atom stereocenters. The summed E-state index contributed by atoms with van der Waals surface area (Å²) in [5.74, 6) is 0.693. The number of hydrogen-bond donors (Lipinski definition) is 0. The van der Waals surface area contributed by atoms with E-state index in [1.165, 1.54) is 12.1 Å². The number of aromatic nitrogens is 2. The number of benzene rings is 2. The first-order valence-corrected chi connectivity index (χ1v) is 6.57. The van der Waals surface area contributed by atoms with Crippen LogP contribution >= 0.6 is 0 Å². The first-order valence-electron chi connectivity index (χ1n) is 6.57. The maximum atomic E-state index is 12.9. The van der Waals surface area contributed by atoms with E-state index in [2.05, 4.69) is 10.1 Å². The summed E-state index contributed by atoms with van der Waals surface area (Å²) in [5, 5.41) is 3.93. The van der Waals surface area contributed by atoms with E-state index in [9.17, 15) is 4.39 Å². The molecule has 0 fully saturated rings. The van der Waals surface area contributed by atoms with Gasteiger partial charge in [-0.25, -0.2) is 4.39 Å². The van der Waals surface area contributed by atoms with Crippen molar-refractivity contribution in [2.75, 3.05) is 11.9 Å². The summed E-state index contributed by atoms with van der Waals surface area (Å²) >= 11 is 0. The number of anilines is 1. The molecule has 0 saturated heterocycles. The first-order chi connectivity index (χ1) is 10.2. The van der Waals surface area contributed by atoms with Crippen molar-refractivity contribution in [3.8, 4) is 11.4 Å².